The minimum Gasteiger partial charge on any atom is -0.480 e. The molecule has 2 N–H and O–H groups in total. The zero-order chi connectivity index (χ0) is 14.8. The summed E-state index contributed by atoms with van der Waals surface area (Å²) in [6, 6.07) is 5.75. The first-order valence-corrected chi connectivity index (χ1v) is 6.21. The van der Waals surface area contributed by atoms with Crippen molar-refractivity contribution in [3.8, 4) is 0 Å². The fourth-order valence-electron chi connectivity index (χ4n) is 2.20. The van der Waals surface area contributed by atoms with Crippen molar-refractivity contribution in [1.29, 1.82) is 0 Å². The van der Waals surface area contributed by atoms with Crippen molar-refractivity contribution in [3.63, 3.8) is 0 Å². The number of carbonyl (C=O) groups is 2. The van der Waals surface area contributed by atoms with Gasteiger partial charge in [-0.15, -0.1) is 0 Å². The molecule has 0 atom stereocenters. The summed E-state index contributed by atoms with van der Waals surface area (Å²) in [7, 11) is 0. The van der Waals surface area contributed by atoms with Crippen molar-refractivity contribution in [2.24, 2.45) is 0 Å². The second kappa shape index (κ2) is 5.28. The standard InChI is InChI=1S/C13H14N2O5/c16-11(14-13(12(17)18)5-2-6-13)8-9-3-1-4-10(7-9)15(19)20/h1,3-4,7H,2,5-6,8H2,(H,14,16)(H,17,18). The Labute approximate surface area is 114 Å². The van der Waals surface area contributed by atoms with Crippen molar-refractivity contribution in [2.45, 2.75) is 31.2 Å². The van der Waals surface area contributed by atoms with Gasteiger partial charge in [0, 0.05) is 12.1 Å². The summed E-state index contributed by atoms with van der Waals surface area (Å²) in [5.41, 5.74) is -0.763. The van der Waals surface area contributed by atoms with Crippen molar-refractivity contribution in [2.75, 3.05) is 0 Å². The largest absolute Gasteiger partial charge is 0.480 e. The fourth-order valence-corrected chi connectivity index (χ4v) is 2.20. The van der Waals surface area contributed by atoms with Gasteiger partial charge in [0.25, 0.3) is 5.69 Å². The molecule has 0 spiro atoms. The number of benzene rings is 1. The average molecular weight is 278 g/mol. The van der Waals surface area contributed by atoms with Crippen LogP contribution in [0.3, 0.4) is 0 Å². The molecule has 2 rings (SSSR count). The van der Waals surface area contributed by atoms with E-state index >= 15 is 0 Å². The van der Waals surface area contributed by atoms with Gasteiger partial charge in [-0.2, -0.15) is 0 Å². The Bertz CT molecular complexity index is 566. The number of carbonyl (C=O) groups excluding carboxylic acids is 1. The maximum atomic E-state index is 11.9. The Morgan fingerprint density at radius 3 is 2.60 bits per heavy atom. The molecular weight excluding hydrogens is 264 g/mol. The van der Waals surface area contributed by atoms with E-state index in [-0.39, 0.29) is 12.1 Å². The van der Waals surface area contributed by atoms with Gasteiger partial charge in [-0.3, -0.25) is 14.9 Å². The van der Waals surface area contributed by atoms with E-state index in [2.05, 4.69) is 5.32 Å². The van der Waals surface area contributed by atoms with Gasteiger partial charge in [0.05, 0.1) is 11.3 Å². The Hall–Kier alpha value is -2.44. The minimum atomic E-state index is -1.15. The number of amides is 1. The van der Waals surface area contributed by atoms with Crippen LogP contribution in [0.1, 0.15) is 24.8 Å². The first-order valence-electron chi connectivity index (χ1n) is 6.21. The fraction of sp³-hybridized carbons (Fsp3) is 0.385. The molecular formula is C13H14N2O5. The minimum absolute atomic E-state index is 0.0727. The van der Waals surface area contributed by atoms with Crippen LogP contribution in [0.25, 0.3) is 0 Å². The number of nitro groups is 1. The zero-order valence-electron chi connectivity index (χ0n) is 10.7. The topological polar surface area (TPSA) is 110 Å². The molecule has 1 aromatic rings. The summed E-state index contributed by atoms with van der Waals surface area (Å²) in [5, 5.41) is 22.3. The second-order valence-corrected chi connectivity index (χ2v) is 4.89. The number of hydrogen-bond acceptors (Lipinski definition) is 4. The lowest BCUT2D eigenvalue weighted by atomic mass is 9.76. The third kappa shape index (κ3) is 2.76. The van der Waals surface area contributed by atoms with E-state index in [1.807, 2.05) is 0 Å². The van der Waals surface area contributed by atoms with Crippen molar-refractivity contribution < 1.29 is 19.6 Å². The lowest BCUT2D eigenvalue weighted by Gasteiger charge is -2.38. The number of nitrogens with one attached hydrogen (secondary N) is 1. The number of non-ortho nitro benzene ring substituents is 1. The molecule has 20 heavy (non-hydrogen) atoms. The lowest BCUT2D eigenvalue weighted by molar-refractivity contribution is -0.384. The van der Waals surface area contributed by atoms with Crippen LogP contribution in [0.2, 0.25) is 0 Å². The SMILES string of the molecule is O=C(Cc1cccc([N+](=O)[O-])c1)NC1(C(=O)O)CCC1. The molecule has 1 saturated carbocycles. The molecule has 7 heteroatoms. The molecule has 0 aromatic heterocycles. The molecule has 106 valence electrons. The van der Waals surface area contributed by atoms with Crippen molar-refractivity contribution >= 4 is 17.6 Å². The van der Waals surface area contributed by atoms with Crippen LogP contribution in [0, 0.1) is 10.1 Å². The highest BCUT2D eigenvalue weighted by Gasteiger charge is 2.45. The monoisotopic (exact) mass is 278 g/mol. The van der Waals surface area contributed by atoms with E-state index < -0.39 is 22.3 Å². The molecule has 1 aromatic carbocycles. The summed E-state index contributed by atoms with van der Waals surface area (Å²) in [6.45, 7) is 0. The molecule has 1 amide bonds. The normalized spacial score (nSPS) is 16.0. The summed E-state index contributed by atoms with van der Waals surface area (Å²) in [6.07, 6.45) is 1.53. The summed E-state index contributed by atoms with van der Waals surface area (Å²) in [4.78, 5) is 33.1. The Kier molecular flexibility index (Phi) is 3.69. The molecule has 1 aliphatic rings. The van der Waals surface area contributed by atoms with Gasteiger partial charge >= 0.3 is 5.97 Å². The first kappa shape index (κ1) is 14.0. The second-order valence-electron chi connectivity index (χ2n) is 4.89. The number of rotatable bonds is 5. The summed E-state index contributed by atoms with van der Waals surface area (Å²) in [5.74, 6) is -1.47. The van der Waals surface area contributed by atoms with Crippen LogP contribution in [-0.4, -0.2) is 27.4 Å². The number of hydrogen-bond donors (Lipinski definition) is 2. The predicted molar refractivity (Wildman–Crippen MR) is 69.2 cm³/mol. The van der Waals surface area contributed by atoms with Gasteiger partial charge in [0.2, 0.25) is 5.91 Å². The van der Waals surface area contributed by atoms with Crippen LogP contribution in [0.5, 0.6) is 0 Å². The molecule has 1 fully saturated rings. The van der Waals surface area contributed by atoms with E-state index in [4.69, 9.17) is 5.11 Å². The van der Waals surface area contributed by atoms with E-state index in [9.17, 15) is 19.7 Å². The van der Waals surface area contributed by atoms with E-state index in [1.165, 1.54) is 18.2 Å². The first-order chi connectivity index (χ1) is 9.43. The molecule has 1 aliphatic carbocycles. The number of carboxylic acid groups (broad SMARTS) is 1. The highest BCUT2D eigenvalue weighted by molar-refractivity contribution is 5.88. The van der Waals surface area contributed by atoms with Crippen LogP contribution < -0.4 is 5.32 Å². The van der Waals surface area contributed by atoms with Gasteiger partial charge in [-0.1, -0.05) is 12.1 Å². The van der Waals surface area contributed by atoms with E-state index in [1.54, 1.807) is 6.07 Å². The maximum absolute atomic E-state index is 11.9. The summed E-state index contributed by atoms with van der Waals surface area (Å²) >= 11 is 0. The molecule has 0 radical (unpaired) electrons. The van der Waals surface area contributed by atoms with E-state index in [0.29, 0.717) is 18.4 Å². The smallest absolute Gasteiger partial charge is 0.329 e. The Balaban J connectivity index is 2.03. The Morgan fingerprint density at radius 2 is 2.10 bits per heavy atom. The third-order valence-electron chi connectivity index (χ3n) is 3.48. The lowest BCUT2D eigenvalue weighted by Crippen LogP contribution is -2.59. The van der Waals surface area contributed by atoms with Crippen LogP contribution >= 0.6 is 0 Å². The van der Waals surface area contributed by atoms with Gasteiger partial charge in [-0.25, -0.2) is 4.79 Å². The maximum Gasteiger partial charge on any atom is 0.329 e. The highest BCUT2D eigenvalue weighted by atomic mass is 16.6. The molecule has 0 saturated heterocycles. The van der Waals surface area contributed by atoms with Crippen LogP contribution in [-0.2, 0) is 16.0 Å². The number of aliphatic carboxylic acids is 1. The van der Waals surface area contributed by atoms with Crippen LogP contribution in [0.15, 0.2) is 24.3 Å². The van der Waals surface area contributed by atoms with Gasteiger partial charge < -0.3 is 10.4 Å². The molecule has 7 nitrogen and oxygen atoms in total. The highest BCUT2D eigenvalue weighted by Crippen LogP contribution is 2.32. The molecule has 0 aliphatic heterocycles. The predicted octanol–water partition coefficient (Wildman–Crippen LogP) is 1.26. The average Bonchev–Trinajstić information content (AvgIpc) is 2.33. The molecule has 0 heterocycles. The third-order valence-corrected chi connectivity index (χ3v) is 3.48. The number of carboxylic acids is 1. The molecule has 0 unspecified atom stereocenters. The quantitative estimate of drug-likeness (QED) is 0.622. The van der Waals surface area contributed by atoms with Crippen molar-refractivity contribution in [3.05, 3.63) is 39.9 Å². The number of nitro benzene ring substituents is 1. The van der Waals surface area contributed by atoms with Gasteiger partial charge in [0.15, 0.2) is 0 Å². The number of nitrogens with zero attached hydrogens (tertiary/aromatic N) is 1. The van der Waals surface area contributed by atoms with E-state index in [0.717, 1.165) is 6.42 Å². The Morgan fingerprint density at radius 1 is 1.40 bits per heavy atom. The van der Waals surface area contributed by atoms with Gasteiger partial charge in [-0.05, 0) is 24.8 Å². The summed E-state index contributed by atoms with van der Waals surface area (Å²) < 4.78 is 0. The van der Waals surface area contributed by atoms with Crippen LogP contribution in [0.4, 0.5) is 5.69 Å². The zero-order valence-corrected chi connectivity index (χ0v) is 10.7. The molecule has 0 bridgehead atoms. The van der Waals surface area contributed by atoms with Gasteiger partial charge in [0.1, 0.15) is 5.54 Å². The van der Waals surface area contributed by atoms with Crippen molar-refractivity contribution in [1.82, 2.24) is 5.32 Å².